The molecule has 4 rings (SSSR count). The van der Waals surface area contributed by atoms with E-state index in [1.807, 2.05) is 13.3 Å². The van der Waals surface area contributed by atoms with Crippen molar-refractivity contribution in [2.75, 3.05) is 7.05 Å². The molecule has 6 unspecified atom stereocenters. The molecule has 0 spiro atoms. The molecule has 3 aliphatic rings. The van der Waals surface area contributed by atoms with Gasteiger partial charge in [0.1, 0.15) is 5.82 Å². The minimum absolute atomic E-state index is 0.0480. The summed E-state index contributed by atoms with van der Waals surface area (Å²) in [4.78, 5) is 17.7. The molecule has 2 heterocycles. The first-order valence-corrected chi connectivity index (χ1v) is 12.9. The number of aromatic nitrogens is 2. The molecule has 1 aromatic heterocycles. The molecule has 0 bridgehead atoms. The molecule has 176 valence electrons. The zero-order valence-electron chi connectivity index (χ0n) is 20.2. The van der Waals surface area contributed by atoms with Gasteiger partial charge in [0.05, 0.1) is 11.8 Å². The standard InChI is InChI=1S/C26H42N6/c1-4-6-22(27)26-30-16-24(32-26)21-13-10-19(11-14-21)18-7-5-8-20(12-9-18)23-15-29-25(31-23)17(2)28-3/h10,15-18,20-22,26,28H,4-9,11-14,27H2,1-3H3,(H,29,31). The van der Waals surface area contributed by atoms with Gasteiger partial charge in [0.15, 0.2) is 6.17 Å². The third-order valence-electron chi connectivity index (χ3n) is 7.90. The molecule has 1 aliphatic heterocycles. The smallest absolute Gasteiger partial charge is 0.154 e. The van der Waals surface area contributed by atoms with Gasteiger partial charge in [-0.3, -0.25) is 9.98 Å². The van der Waals surface area contributed by atoms with E-state index in [2.05, 4.69) is 46.4 Å². The molecule has 1 saturated carbocycles. The molecule has 4 N–H and O–H groups in total. The molecule has 32 heavy (non-hydrogen) atoms. The molecule has 0 aromatic carbocycles. The van der Waals surface area contributed by atoms with Gasteiger partial charge < -0.3 is 16.0 Å². The van der Waals surface area contributed by atoms with E-state index in [4.69, 9.17) is 10.7 Å². The first-order chi connectivity index (χ1) is 15.6. The van der Waals surface area contributed by atoms with Gasteiger partial charge in [-0.05, 0) is 71.3 Å². The SMILES string of the molecule is CCCC(N)C1N=CC(C2CC=C(C3CCCC(c4cnc(C(C)NC)[nH]4)CC3)CC2)=N1. The highest BCUT2D eigenvalue weighted by molar-refractivity contribution is 6.32. The highest BCUT2D eigenvalue weighted by Gasteiger charge is 2.29. The molecule has 0 radical (unpaired) electrons. The Morgan fingerprint density at radius 3 is 2.72 bits per heavy atom. The predicted molar refractivity (Wildman–Crippen MR) is 133 cm³/mol. The maximum atomic E-state index is 6.25. The van der Waals surface area contributed by atoms with E-state index in [1.165, 1.54) is 56.4 Å². The molecular formula is C26H42N6. The van der Waals surface area contributed by atoms with E-state index >= 15 is 0 Å². The lowest BCUT2D eigenvalue weighted by molar-refractivity contribution is 0.469. The Labute approximate surface area is 193 Å². The topological polar surface area (TPSA) is 91.5 Å². The molecule has 1 fully saturated rings. The van der Waals surface area contributed by atoms with Crippen molar-refractivity contribution in [1.29, 1.82) is 0 Å². The number of H-pyrrole nitrogens is 1. The van der Waals surface area contributed by atoms with E-state index in [1.54, 1.807) is 5.57 Å². The summed E-state index contributed by atoms with van der Waals surface area (Å²) in [7, 11) is 1.98. The Hall–Kier alpha value is -1.79. The van der Waals surface area contributed by atoms with Gasteiger partial charge in [-0.2, -0.15) is 0 Å². The molecule has 0 saturated heterocycles. The second-order valence-corrected chi connectivity index (χ2v) is 10.1. The van der Waals surface area contributed by atoms with Crippen LogP contribution in [0.1, 0.15) is 102 Å². The van der Waals surface area contributed by atoms with Crippen molar-refractivity contribution in [3.05, 3.63) is 29.4 Å². The Morgan fingerprint density at radius 1 is 1.16 bits per heavy atom. The number of hydrogen-bond donors (Lipinski definition) is 3. The summed E-state index contributed by atoms with van der Waals surface area (Å²) >= 11 is 0. The predicted octanol–water partition coefficient (Wildman–Crippen LogP) is 5.06. The highest BCUT2D eigenvalue weighted by Crippen LogP contribution is 2.40. The van der Waals surface area contributed by atoms with Gasteiger partial charge in [-0.15, -0.1) is 0 Å². The Kier molecular flexibility index (Phi) is 7.95. The average Bonchev–Trinajstić information content (AvgIpc) is 3.45. The van der Waals surface area contributed by atoms with Crippen molar-refractivity contribution in [3.63, 3.8) is 0 Å². The quantitative estimate of drug-likeness (QED) is 0.391. The molecule has 6 heteroatoms. The maximum absolute atomic E-state index is 6.25. The van der Waals surface area contributed by atoms with Crippen molar-refractivity contribution in [1.82, 2.24) is 15.3 Å². The van der Waals surface area contributed by atoms with Crippen LogP contribution in [0.15, 0.2) is 27.8 Å². The van der Waals surface area contributed by atoms with Crippen LogP contribution in [-0.4, -0.2) is 41.1 Å². The average molecular weight is 439 g/mol. The number of aliphatic imine (C=N–C) groups is 2. The van der Waals surface area contributed by atoms with E-state index in [9.17, 15) is 0 Å². The van der Waals surface area contributed by atoms with Crippen molar-refractivity contribution in [3.8, 4) is 0 Å². The highest BCUT2D eigenvalue weighted by atomic mass is 15.1. The fraction of sp³-hybridized carbons (Fsp3) is 0.731. The van der Waals surface area contributed by atoms with Crippen molar-refractivity contribution >= 4 is 11.9 Å². The van der Waals surface area contributed by atoms with Crippen molar-refractivity contribution in [2.45, 2.75) is 102 Å². The number of allylic oxidation sites excluding steroid dienone is 2. The van der Waals surface area contributed by atoms with Crippen LogP contribution >= 0.6 is 0 Å². The molecular weight excluding hydrogens is 396 g/mol. The third kappa shape index (κ3) is 5.40. The summed E-state index contributed by atoms with van der Waals surface area (Å²) in [6.07, 6.45) is 18.7. The second-order valence-electron chi connectivity index (χ2n) is 10.1. The van der Waals surface area contributed by atoms with Crippen LogP contribution in [0.3, 0.4) is 0 Å². The lowest BCUT2D eigenvalue weighted by Gasteiger charge is -2.26. The van der Waals surface area contributed by atoms with Crippen LogP contribution in [-0.2, 0) is 0 Å². The molecule has 1 aromatic rings. The van der Waals surface area contributed by atoms with Gasteiger partial charge in [-0.1, -0.05) is 31.4 Å². The summed E-state index contributed by atoms with van der Waals surface area (Å²) in [5, 5.41) is 3.27. The monoisotopic (exact) mass is 438 g/mol. The van der Waals surface area contributed by atoms with E-state index in [0.29, 0.717) is 11.8 Å². The Balaban J connectivity index is 1.31. The van der Waals surface area contributed by atoms with E-state index in [0.717, 1.165) is 31.0 Å². The normalized spacial score (nSPS) is 30.5. The van der Waals surface area contributed by atoms with Crippen LogP contribution < -0.4 is 11.1 Å². The fourth-order valence-corrected chi connectivity index (χ4v) is 5.66. The number of imidazole rings is 1. The maximum Gasteiger partial charge on any atom is 0.154 e. The molecule has 2 aliphatic carbocycles. The van der Waals surface area contributed by atoms with Crippen molar-refractivity contribution in [2.24, 2.45) is 27.6 Å². The third-order valence-corrected chi connectivity index (χ3v) is 7.90. The van der Waals surface area contributed by atoms with Crippen LogP contribution in [0.4, 0.5) is 0 Å². The summed E-state index contributed by atoms with van der Waals surface area (Å²) in [5.41, 5.74) is 10.5. The number of aromatic amines is 1. The van der Waals surface area contributed by atoms with Crippen molar-refractivity contribution < 1.29 is 0 Å². The number of rotatable bonds is 8. The number of nitrogens with two attached hydrogens (primary N) is 1. The minimum Gasteiger partial charge on any atom is -0.344 e. The van der Waals surface area contributed by atoms with E-state index < -0.39 is 0 Å². The van der Waals surface area contributed by atoms with Gasteiger partial charge in [0, 0.05) is 36.0 Å². The zero-order valence-corrected chi connectivity index (χ0v) is 20.2. The Morgan fingerprint density at radius 2 is 1.97 bits per heavy atom. The molecule has 6 nitrogen and oxygen atoms in total. The van der Waals surface area contributed by atoms with Crippen LogP contribution in [0, 0.1) is 11.8 Å². The van der Waals surface area contributed by atoms with Gasteiger partial charge in [0.25, 0.3) is 0 Å². The van der Waals surface area contributed by atoms with Gasteiger partial charge in [0.2, 0.25) is 0 Å². The summed E-state index contributed by atoms with van der Waals surface area (Å²) in [6, 6.07) is 0.338. The molecule has 0 amide bonds. The second kappa shape index (κ2) is 10.9. The first kappa shape index (κ1) is 23.4. The number of hydrogen-bond acceptors (Lipinski definition) is 5. The van der Waals surface area contributed by atoms with Crippen LogP contribution in [0.5, 0.6) is 0 Å². The lowest BCUT2D eigenvalue weighted by atomic mass is 9.79. The largest absolute Gasteiger partial charge is 0.344 e. The summed E-state index contributed by atoms with van der Waals surface area (Å²) < 4.78 is 0. The van der Waals surface area contributed by atoms with Gasteiger partial charge in [-0.25, -0.2) is 4.98 Å². The van der Waals surface area contributed by atoms with Crippen LogP contribution in [0.2, 0.25) is 0 Å². The lowest BCUT2D eigenvalue weighted by Crippen LogP contribution is -2.31. The van der Waals surface area contributed by atoms with E-state index in [-0.39, 0.29) is 18.2 Å². The van der Waals surface area contributed by atoms with Crippen LogP contribution in [0.25, 0.3) is 0 Å². The molecule has 6 atom stereocenters. The number of nitrogens with one attached hydrogen (secondary N) is 2. The first-order valence-electron chi connectivity index (χ1n) is 12.9. The zero-order chi connectivity index (χ0) is 22.5. The summed E-state index contributed by atoms with van der Waals surface area (Å²) in [5.74, 6) is 2.96. The Bertz CT molecular complexity index is 837. The minimum atomic E-state index is -0.0480. The summed E-state index contributed by atoms with van der Waals surface area (Å²) in [6.45, 7) is 4.32. The number of nitrogens with zero attached hydrogens (tertiary/aromatic N) is 3. The van der Waals surface area contributed by atoms with Gasteiger partial charge >= 0.3 is 0 Å². The fourth-order valence-electron chi connectivity index (χ4n) is 5.66.